The predicted octanol–water partition coefficient (Wildman–Crippen LogP) is 0.774. The van der Waals surface area contributed by atoms with Gasteiger partial charge < -0.3 is 5.11 Å². The molecule has 0 heterocycles. The summed E-state index contributed by atoms with van der Waals surface area (Å²) in [5, 5.41) is 17.8. The molecule has 2 atom stereocenters. The van der Waals surface area contributed by atoms with E-state index in [0.717, 1.165) is 0 Å². The fourth-order valence-electron chi connectivity index (χ4n) is 2.00. The summed E-state index contributed by atoms with van der Waals surface area (Å²) in [5.41, 5.74) is 0.304. The average Bonchev–Trinajstić information content (AvgIpc) is 2.85. The minimum Gasteiger partial charge on any atom is -0.396 e. The van der Waals surface area contributed by atoms with Crippen LogP contribution >= 0.6 is 0 Å². The third-order valence-electron chi connectivity index (χ3n) is 2.99. The second-order valence-corrected chi connectivity index (χ2v) is 6.14. The molecule has 0 unspecified atom stereocenters. The average molecular weight is 278 g/mol. The van der Waals surface area contributed by atoms with Crippen LogP contribution in [0.5, 0.6) is 0 Å². The number of aliphatic hydroxyl groups is 1. The summed E-state index contributed by atoms with van der Waals surface area (Å²) in [6.45, 7) is 0.0125. The molecule has 100 valence electrons. The first kappa shape index (κ1) is 13.7. The van der Waals surface area contributed by atoms with Gasteiger partial charge in [-0.05, 0) is 24.6 Å². The van der Waals surface area contributed by atoms with E-state index in [1.807, 2.05) is 6.07 Å². The zero-order valence-corrected chi connectivity index (χ0v) is 11.0. The molecule has 0 saturated heterocycles. The number of benzene rings is 1. The summed E-state index contributed by atoms with van der Waals surface area (Å²) in [6, 6.07) is 7.47. The van der Waals surface area contributed by atoms with Gasteiger partial charge in [-0.2, -0.15) is 5.26 Å². The summed E-state index contributed by atoms with van der Waals surface area (Å²) in [4.78, 5) is 0.0763. The van der Waals surface area contributed by atoms with Crippen molar-refractivity contribution in [3.05, 3.63) is 42.0 Å². The SMILES string of the molecule is N#Cc1cccc(S(=O)(=O)N[C@@H]2C=C[C@H](CO)C2)c1. The standard InChI is InChI=1S/C13H14N2O3S/c14-8-10-2-1-3-13(7-10)19(17,18)15-12-5-4-11(6-12)9-16/h1-5,7,11-12,15-16H,6,9H2/t11-,12+/m0/s1. The van der Waals surface area contributed by atoms with Crippen LogP contribution in [-0.4, -0.2) is 26.2 Å². The van der Waals surface area contributed by atoms with Crippen molar-refractivity contribution in [1.82, 2.24) is 4.72 Å². The van der Waals surface area contributed by atoms with Gasteiger partial charge in [0.15, 0.2) is 0 Å². The van der Waals surface area contributed by atoms with Crippen molar-refractivity contribution in [3.63, 3.8) is 0 Å². The molecule has 0 spiro atoms. The number of nitrogens with one attached hydrogen (secondary N) is 1. The summed E-state index contributed by atoms with van der Waals surface area (Å²) >= 11 is 0. The second-order valence-electron chi connectivity index (χ2n) is 4.43. The van der Waals surface area contributed by atoms with Gasteiger partial charge in [0.05, 0.1) is 16.5 Å². The van der Waals surface area contributed by atoms with Crippen LogP contribution in [0.4, 0.5) is 0 Å². The Balaban J connectivity index is 2.15. The summed E-state index contributed by atoms with van der Waals surface area (Å²) < 4.78 is 26.8. The highest BCUT2D eigenvalue weighted by atomic mass is 32.2. The Morgan fingerprint density at radius 2 is 2.21 bits per heavy atom. The molecule has 0 amide bonds. The summed E-state index contributed by atoms with van der Waals surface area (Å²) in [5.74, 6) is -0.00172. The topological polar surface area (TPSA) is 90.2 Å². The van der Waals surface area contributed by atoms with Crippen LogP contribution < -0.4 is 4.72 Å². The number of sulfonamides is 1. The zero-order valence-electron chi connectivity index (χ0n) is 10.2. The quantitative estimate of drug-likeness (QED) is 0.796. The lowest BCUT2D eigenvalue weighted by Gasteiger charge is -2.13. The Morgan fingerprint density at radius 3 is 2.84 bits per heavy atom. The maximum Gasteiger partial charge on any atom is 0.241 e. The van der Waals surface area contributed by atoms with Crippen molar-refractivity contribution in [2.24, 2.45) is 5.92 Å². The number of hydrogen-bond donors (Lipinski definition) is 2. The van der Waals surface area contributed by atoms with Crippen molar-refractivity contribution in [2.75, 3.05) is 6.61 Å². The molecular weight excluding hydrogens is 264 g/mol. The molecule has 1 aliphatic carbocycles. The molecule has 2 rings (SSSR count). The molecule has 0 bridgehead atoms. The molecule has 0 saturated carbocycles. The Hall–Kier alpha value is -1.68. The van der Waals surface area contributed by atoms with Gasteiger partial charge in [0, 0.05) is 18.6 Å². The molecule has 2 N–H and O–H groups in total. The Kier molecular flexibility index (Phi) is 4.00. The fraction of sp³-hybridized carbons (Fsp3) is 0.308. The van der Waals surface area contributed by atoms with Crippen LogP contribution in [0, 0.1) is 17.2 Å². The maximum absolute atomic E-state index is 12.1. The molecule has 0 aromatic heterocycles. The predicted molar refractivity (Wildman–Crippen MR) is 69.6 cm³/mol. The van der Waals surface area contributed by atoms with E-state index >= 15 is 0 Å². The normalized spacial score (nSPS) is 22.3. The molecule has 1 aromatic rings. The van der Waals surface area contributed by atoms with Crippen molar-refractivity contribution in [2.45, 2.75) is 17.4 Å². The van der Waals surface area contributed by atoms with Crippen LogP contribution in [0.3, 0.4) is 0 Å². The van der Waals surface area contributed by atoms with Crippen LogP contribution in [0.25, 0.3) is 0 Å². The first-order valence-corrected chi connectivity index (χ1v) is 7.35. The molecule has 19 heavy (non-hydrogen) atoms. The minimum atomic E-state index is -3.64. The monoisotopic (exact) mass is 278 g/mol. The first-order valence-electron chi connectivity index (χ1n) is 5.87. The number of aliphatic hydroxyl groups excluding tert-OH is 1. The van der Waals surface area contributed by atoms with Gasteiger partial charge in [-0.3, -0.25) is 0 Å². The van der Waals surface area contributed by atoms with Gasteiger partial charge in [-0.15, -0.1) is 0 Å². The maximum atomic E-state index is 12.1. The highest BCUT2D eigenvalue weighted by molar-refractivity contribution is 7.89. The smallest absolute Gasteiger partial charge is 0.241 e. The molecule has 1 aliphatic rings. The van der Waals surface area contributed by atoms with Crippen LogP contribution in [0.15, 0.2) is 41.3 Å². The molecule has 0 aliphatic heterocycles. The summed E-state index contributed by atoms with van der Waals surface area (Å²) in [7, 11) is -3.64. The van der Waals surface area contributed by atoms with E-state index in [9.17, 15) is 8.42 Å². The summed E-state index contributed by atoms with van der Waals surface area (Å²) in [6.07, 6.45) is 4.10. The second kappa shape index (κ2) is 5.53. The van der Waals surface area contributed by atoms with Gasteiger partial charge in [-0.25, -0.2) is 13.1 Å². The zero-order chi connectivity index (χ0) is 13.9. The Labute approximate surface area is 112 Å². The van der Waals surface area contributed by atoms with Gasteiger partial charge in [0.25, 0.3) is 0 Å². The number of rotatable bonds is 4. The third kappa shape index (κ3) is 3.20. The van der Waals surface area contributed by atoms with Crippen LogP contribution in [-0.2, 0) is 10.0 Å². The van der Waals surface area contributed by atoms with Gasteiger partial charge in [0.1, 0.15) is 0 Å². The van der Waals surface area contributed by atoms with E-state index in [4.69, 9.17) is 10.4 Å². The van der Waals surface area contributed by atoms with Crippen LogP contribution in [0.2, 0.25) is 0 Å². The van der Waals surface area contributed by atoms with Crippen LogP contribution in [0.1, 0.15) is 12.0 Å². The van der Waals surface area contributed by atoms with E-state index in [-0.39, 0.29) is 23.5 Å². The van der Waals surface area contributed by atoms with Gasteiger partial charge >= 0.3 is 0 Å². The first-order chi connectivity index (χ1) is 9.05. The molecular formula is C13H14N2O3S. The van der Waals surface area contributed by atoms with Gasteiger partial charge in [0.2, 0.25) is 10.0 Å². The molecule has 5 nitrogen and oxygen atoms in total. The number of hydrogen-bond acceptors (Lipinski definition) is 4. The Bertz CT molecular complexity index is 632. The van der Waals surface area contributed by atoms with Gasteiger partial charge in [-0.1, -0.05) is 18.2 Å². The number of nitrogens with zero attached hydrogens (tertiary/aromatic N) is 1. The van der Waals surface area contributed by atoms with Crippen molar-refractivity contribution in [1.29, 1.82) is 5.26 Å². The van der Waals surface area contributed by atoms with E-state index < -0.39 is 10.0 Å². The highest BCUT2D eigenvalue weighted by Gasteiger charge is 2.24. The van der Waals surface area contributed by atoms with Crippen molar-refractivity contribution < 1.29 is 13.5 Å². The molecule has 0 radical (unpaired) electrons. The van der Waals surface area contributed by atoms with E-state index in [1.165, 1.54) is 18.2 Å². The highest BCUT2D eigenvalue weighted by Crippen LogP contribution is 2.19. The van der Waals surface area contributed by atoms with E-state index in [1.54, 1.807) is 18.2 Å². The Morgan fingerprint density at radius 1 is 1.42 bits per heavy atom. The lowest BCUT2D eigenvalue weighted by Crippen LogP contribution is -2.33. The van der Waals surface area contributed by atoms with Crippen molar-refractivity contribution >= 4 is 10.0 Å². The molecule has 1 aromatic carbocycles. The fourth-order valence-corrected chi connectivity index (χ4v) is 3.25. The van der Waals surface area contributed by atoms with E-state index in [2.05, 4.69) is 4.72 Å². The molecule has 6 heteroatoms. The van der Waals surface area contributed by atoms with Crippen molar-refractivity contribution in [3.8, 4) is 6.07 Å². The molecule has 0 fully saturated rings. The number of nitriles is 1. The largest absolute Gasteiger partial charge is 0.396 e. The third-order valence-corrected chi connectivity index (χ3v) is 4.47. The minimum absolute atomic E-state index is 0.00172. The lowest BCUT2D eigenvalue weighted by molar-refractivity contribution is 0.248. The lowest BCUT2D eigenvalue weighted by atomic mass is 10.1. The van der Waals surface area contributed by atoms with E-state index in [0.29, 0.717) is 12.0 Å².